The minimum Gasteiger partial charge on any atom is -0.375 e. The molecule has 84 valence electrons. The Labute approximate surface area is 94.1 Å². The molecule has 0 spiro atoms. The predicted molar refractivity (Wildman–Crippen MR) is 63.1 cm³/mol. The summed E-state index contributed by atoms with van der Waals surface area (Å²) in [4.78, 5) is 18.6. The molecule has 0 radical (unpaired) electrons. The normalized spacial score (nSPS) is 10.3. The number of carbonyl (C=O) groups excluding carboxylic acids is 1. The Morgan fingerprint density at radius 3 is 2.60 bits per heavy atom. The van der Waals surface area contributed by atoms with Crippen LogP contribution in [0, 0.1) is 6.92 Å². The molecule has 0 saturated heterocycles. The van der Waals surface area contributed by atoms with Crippen molar-refractivity contribution in [3.8, 4) is 0 Å². The molecule has 0 fully saturated rings. The van der Waals surface area contributed by atoms with Gasteiger partial charge in [-0.25, -0.2) is 4.98 Å². The second-order valence-electron chi connectivity index (χ2n) is 3.35. The van der Waals surface area contributed by atoms with Gasteiger partial charge >= 0.3 is 0 Å². The van der Waals surface area contributed by atoms with Gasteiger partial charge in [0.2, 0.25) is 0 Å². The molecule has 4 nitrogen and oxygen atoms in total. The van der Waals surface area contributed by atoms with E-state index in [1.807, 2.05) is 18.7 Å². The molecule has 0 atom stereocenters. The zero-order chi connectivity index (χ0) is 11.4. The van der Waals surface area contributed by atoms with Gasteiger partial charge in [-0.05, 0) is 20.3 Å². The highest BCUT2D eigenvalue weighted by atomic mass is 32.1. The van der Waals surface area contributed by atoms with Gasteiger partial charge in [-0.2, -0.15) is 0 Å². The molecule has 0 unspecified atom stereocenters. The fraction of sp³-hybridized carbons (Fsp3) is 0.600. The average Bonchev–Trinajstić information content (AvgIpc) is 2.53. The summed E-state index contributed by atoms with van der Waals surface area (Å²) < 4.78 is 0. The summed E-state index contributed by atoms with van der Waals surface area (Å²) in [6.07, 6.45) is 0.965. The lowest BCUT2D eigenvalue weighted by Gasteiger charge is -2.19. The number of thiazole rings is 1. The smallest absolute Gasteiger partial charge is 0.265 e. The highest BCUT2D eigenvalue weighted by Gasteiger charge is 2.18. The maximum absolute atomic E-state index is 12.0. The Balaban J connectivity index is 2.87. The number of nitrogens with two attached hydrogens (primary N) is 1. The van der Waals surface area contributed by atoms with Gasteiger partial charge in [0, 0.05) is 13.1 Å². The van der Waals surface area contributed by atoms with E-state index in [4.69, 9.17) is 5.73 Å². The van der Waals surface area contributed by atoms with E-state index in [0.29, 0.717) is 10.0 Å². The summed E-state index contributed by atoms with van der Waals surface area (Å²) in [7, 11) is 0. The van der Waals surface area contributed by atoms with E-state index in [9.17, 15) is 4.79 Å². The Kier molecular flexibility index (Phi) is 4.08. The first-order valence-electron chi connectivity index (χ1n) is 5.12. The molecular weight excluding hydrogens is 210 g/mol. The molecule has 1 heterocycles. The van der Waals surface area contributed by atoms with Crippen LogP contribution in [0.4, 0.5) is 5.13 Å². The first-order valence-corrected chi connectivity index (χ1v) is 5.94. The Morgan fingerprint density at radius 1 is 1.53 bits per heavy atom. The van der Waals surface area contributed by atoms with Crippen LogP contribution in [0.5, 0.6) is 0 Å². The van der Waals surface area contributed by atoms with Crippen LogP contribution in [-0.4, -0.2) is 28.9 Å². The van der Waals surface area contributed by atoms with E-state index in [-0.39, 0.29) is 5.91 Å². The number of carbonyl (C=O) groups is 1. The van der Waals surface area contributed by atoms with Crippen molar-refractivity contribution >= 4 is 22.4 Å². The van der Waals surface area contributed by atoms with Gasteiger partial charge in [0.05, 0.1) is 5.69 Å². The van der Waals surface area contributed by atoms with Gasteiger partial charge in [0.15, 0.2) is 5.13 Å². The van der Waals surface area contributed by atoms with Crippen molar-refractivity contribution < 1.29 is 4.79 Å². The molecule has 0 bridgehead atoms. The van der Waals surface area contributed by atoms with Gasteiger partial charge in [0.25, 0.3) is 5.91 Å². The number of hydrogen-bond donors (Lipinski definition) is 1. The van der Waals surface area contributed by atoms with Crippen LogP contribution in [0.3, 0.4) is 0 Å². The quantitative estimate of drug-likeness (QED) is 0.854. The second kappa shape index (κ2) is 5.11. The third-order valence-electron chi connectivity index (χ3n) is 2.17. The van der Waals surface area contributed by atoms with Crippen LogP contribution < -0.4 is 5.73 Å². The highest BCUT2D eigenvalue weighted by molar-refractivity contribution is 7.17. The molecule has 15 heavy (non-hydrogen) atoms. The van der Waals surface area contributed by atoms with Crippen LogP contribution >= 0.6 is 11.3 Å². The van der Waals surface area contributed by atoms with E-state index >= 15 is 0 Å². The zero-order valence-electron chi connectivity index (χ0n) is 9.41. The fourth-order valence-corrected chi connectivity index (χ4v) is 2.23. The van der Waals surface area contributed by atoms with Crippen LogP contribution in [0.25, 0.3) is 0 Å². The molecule has 2 N–H and O–H groups in total. The second-order valence-corrected chi connectivity index (χ2v) is 4.38. The van der Waals surface area contributed by atoms with E-state index in [1.54, 1.807) is 0 Å². The molecule has 0 aromatic carbocycles. The predicted octanol–water partition coefficient (Wildman–Crippen LogP) is 1.91. The molecule has 1 amide bonds. The standard InChI is InChI=1S/C10H17N3OS/c1-4-6-13(5-2)9(14)8-7(3)12-10(11)15-8/h4-6H2,1-3H3,(H2,11,12). The SMILES string of the molecule is CCCN(CC)C(=O)c1sc(N)nc1C. The number of rotatable bonds is 4. The Hall–Kier alpha value is -1.10. The summed E-state index contributed by atoms with van der Waals surface area (Å²) in [5, 5.41) is 0.461. The van der Waals surface area contributed by atoms with Crippen molar-refractivity contribution in [3.63, 3.8) is 0 Å². The molecule has 0 saturated carbocycles. The van der Waals surface area contributed by atoms with Gasteiger partial charge in [-0.15, -0.1) is 0 Å². The summed E-state index contributed by atoms with van der Waals surface area (Å²) >= 11 is 1.27. The summed E-state index contributed by atoms with van der Waals surface area (Å²) in [5.41, 5.74) is 6.30. The van der Waals surface area contributed by atoms with Crippen molar-refractivity contribution in [3.05, 3.63) is 10.6 Å². The molecule has 0 aliphatic heterocycles. The van der Waals surface area contributed by atoms with Crippen molar-refractivity contribution in [1.29, 1.82) is 0 Å². The maximum Gasteiger partial charge on any atom is 0.265 e. The Morgan fingerprint density at radius 2 is 2.20 bits per heavy atom. The third kappa shape index (κ3) is 2.68. The average molecular weight is 227 g/mol. The molecule has 0 aliphatic carbocycles. The number of nitrogens with zero attached hydrogens (tertiary/aromatic N) is 2. The van der Waals surface area contributed by atoms with E-state index in [1.165, 1.54) is 11.3 Å². The van der Waals surface area contributed by atoms with Crippen molar-refractivity contribution in [1.82, 2.24) is 9.88 Å². The largest absolute Gasteiger partial charge is 0.375 e. The molecule has 1 aromatic rings. The van der Waals surface area contributed by atoms with Gasteiger partial charge in [-0.1, -0.05) is 18.3 Å². The van der Waals surface area contributed by atoms with Crippen LogP contribution in [-0.2, 0) is 0 Å². The molecular formula is C10H17N3OS. The molecule has 1 aromatic heterocycles. The molecule has 1 rings (SSSR count). The van der Waals surface area contributed by atoms with Gasteiger partial charge in [-0.3, -0.25) is 4.79 Å². The van der Waals surface area contributed by atoms with E-state index < -0.39 is 0 Å². The minimum absolute atomic E-state index is 0.0473. The summed E-state index contributed by atoms with van der Waals surface area (Å²) in [5.74, 6) is 0.0473. The number of anilines is 1. The van der Waals surface area contributed by atoms with Crippen molar-refractivity contribution in [2.45, 2.75) is 27.2 Å². The Bertz CT molecular complexity index is 348. The third-order valence-corrected chi connectivity index (χ3v) is 3.14. The van der Waals surface area contributed by atoms with E-state index in [2.05, 4.69) is 11.9 Å². The van der Waals surface area contributed by atoms with Crippen LogP contribution in [0.15, 0.2) is 0 Å². The molecule has 5 heteroatoms. The first kappa shape index (κ1) is 12.0. The number of hydrogen-bond acceptors (Lipinski definition) is 4. The van der Waals surface area contributed by atoms with Crippen molar-refractivity contribution in [2.24, 2.45) is 0 Å². The topological polar surface area (TPSA) is 59.2 Å². The lowest BCUT2D eigenvalue weighted by atomic mass is 10.3. The molecule has 0 aliphatic rings. The monoisotopic (exact) mass is 227 g/mol. The maximum atomic E-state index is 12.0. The van der Waals surface area contributed by atoms with Gasteiger partial charge in [0.1, 0.15) is 4.88 Å². The van der Waals surface area contributed by atoms with Crippen molar-refractivity contribution in [2.75, 3.05) is 18.8 Å². The van der Waals surface area contributed by atoms with E-state index in [0.717, 1.165) is 25.2 Å². The first-order chi connectivity index (χ1) is 7.10. The fourth-order valence-electron chi connectivity index (χ4n) is 1.43. The minimum atomic E-state index is 0.0473. The zero-order valence-corrected chi connectivity index (χ0v) is 10.2. The highest BCUT2D eigenvalue weighted by Crippen LogP contribution is 2.21. The lowest BCUT2D eigenvalue weighted by Crippen LogP contribution is -2.31. The number of aromatic nitrogens is 1. The summed E-state index contributed by atoms with van der Waals surface area (Å²) in [6, 6.07) is 0. The number of amides is 1. The van der Waals surface area contributed by atoms with Crippen LogP contribution in [0.2, 0.25) is 0 Å². The number of nitrogen functional groups attached to an aromatic ring is 1. The van der Waals surface area contributed by atoms with Crippen LogP contribution in [0.1, 0.15) is 35.6 Å². The number of aryl methyl sites for hydroxylation is 1. The van der Waals surface area contributed by atoms with Gasteiger partial charge < -0.3 is 10.6 Å². The summed E-state index contributed by atoms with van der Waals surface area (Å²) in [6.45, 7) is 7.37. The lowest BCUT2D eigenvalue weighted by molar-refractivity contribution is 0.0768.